The van der Waals surface area contributed by atoms with Crippen molar-refractivity contribution in [3.8, 4) is 5.75 Å². The average Bonchev–Trinajstić information content (AvgIpc) is 3.13. The third-order valence-corrected chi connectivity index (χ3v) is 5.07. The van der Waals surface area contributed by atoms with E-state index in [9.17, 15) is 9.59 Å². The van der Waals surface area contributed by atoms with Crippen LogP contribution in [0.4, 0.5) is 5.69 Å². The first-order chi connectivity index (χ1) is 11.0. The van der Waals surface area contributed by atoms with Gasteiger partial charge in [0.25, 0.3) is 5.91 Å². The number of aliphatic carboxylic acids is 1. The molecule has 0 spiro atoms. The maximum Gasteiger partial charge on any atom is 0.341 e. The van der Waals surface area contributed by atoms with E-state index in [-0.39, 0.29) is 12.5 Å². The van der Waals surface area contributed by atoms with Gasteiger partial charge in [0.1, 0.15) is 5.75 Å². The maximum atomic E-state index is 12.6. The number of carbonyl (C=O) groups excluding carboxylic acids is 1. The molecule has 0 radical (unpaired) electrons. The summed E-state index contributed by atoms with van der Waals surface area (Å²) in [4.78, 5) is 26.8. The molecule has 0 saturated carbocycles. The lowest BCUT2D eigenvalue weighted by Gasteiger charge is -2.17. The highest BCUT2D eigenvalue weighted by Crippen LogP contribution is 2.32. The second-order valence-corrected chi connectivity index (χ2v) is 6.59. The van der Waals surface area contributed by atoms with E-state index in [1.165, 1.54) is 16.9 Å². The zero-order valence-electron chi connectivity index (χ0n) is 12.7. The van der Waals surface area contributed by atoms with Crippen LogP contribution < -0.4 is 9.64 Å². The lowest BCUT2D eigenvalue weighted by atomic mass is 10.2. The minimum absolute atomic E-state index is 0.0244. The fraction of sp³-hybridized carbons (Fsp3) is 0.294. The van der Waals surface area contributed by atoms with Gasteiger partial charge in [-0.15, -0.1) is 11.3 Å². The number of carboxylic acids is 1. The van der Waals surface area contributed by atoms with E-state index in [0.29, 0.717) is 5.75 Å². The number of hydrogen-bond donors (Lipinski definition) is 1. The number of hydrogen-bond acceptors (Lipinski definition) is 4. The molecule has 2 aromatic rings. The molecule has 0 aliphatic heterocycles. The van der Waals surface area contributed by atoms with Crippen molar-refractivity contribution in [2.75, 3.05) is 18.6 Å². The van der Waals surface area contributed by atoms with Gasteiger partial charge in [-0.05, 0) is 55.2 Å². The largest absolute Gasteiger partial charge is 0.482 e. The van der Waals surface area contributed by atoms with Gasteiger partial charge in [0.05, 0.1) is 4.88 Å². The molecule has 1 aliphatic rings. The Morgan fingerprint density at radius 1 is 1.26 bits per heavy atom. The number of anilines is 1. The van der Waals surface area contributed by atoms with Crippen molar-refractivity contribution in [3.05, 3.63) is 45.6 Å². The molecule has 1 N–H and O–H groups in total. The van der Waals surface area contributed by atoms with Crippen LogP contribution in [0, 0.1) is 0 Å². The lowest BCUT2D eigenvalue weighted by Crippen LogP contribution is -2.25. The first-order valence-electron chi connectivity index (χ1n) is 7.39. The second kappa shape index (κ2) is 6.42. The summed E-state index contributed by atoms with van der Waals surface area (Å²) in [6.07, 6.45) is 3.33. The number of carboxylic acid groups (broad SMARTS) is 1. The van der Waals surface area contributed by atoms with E-state index in [1.807, 2.05) is 6.07 Å². The molecule has 1 aliphatic carbocycles. The summed E-state index contributed by atoms with van der Waals surface area (Å²) in [6, 6.07) is 8.83. The molecule has 5 nitrogen and oxygen atoms in total. The molecule has 1 amide bonds. The van der Waals surface area contributed by atoms with E-state index < -0.39 is 5.97 Å². The fourth-order valence-electron chi connectivity index (χ4n) is 2.63. The van der Waals surface area contributed by atoms with Crippen molar-refractivity contribution >= 4 is 28.9 Å². The van der Waals surface area contributed by atoms with Gasteiger partial charge in [0.15, 0.2) is 6.61 Å². The maximum absolute atomic E-state index is 12.6. The highest BCUT2D eigenvalue weighted by Gasteiger charge is 2.21. The zero-order valence-corrected chi connectivity index (χ0v) is 13.6. The van der Waals surface area contributed by atoms with Crippen molar-refractivity contribution in [3.63, 3.8) is 0 Å². The quantitative estimate of drug-likeness (QED) is 0.915. The Bertz CT molecular complexity index is 714. The number of thiophene rings is 1. The van der Waals surface area contributed by atoms with Crippen LogP contribution in [0.2, 0.25) is 0 Å². The Hall–Kier alpha value is -2.34. The normalized spacial score (nSPS) is 12.7. The Morgan fingerprint density at radius 2 is 2.00 bits per heavy atom. The van der Waals surface area contributed by atoms with E-state index >= 15 is 0 Å². The molecular weight excluding hydrogens is 314 g/mol. The average molecular weight is 331 g/mol. The van der Waals surface area contributed by atoms with Crippen molar-refractivity contribution in [2.45, 2.75) is 19.3 Å². The monoisotopic (exact) mass is 331 g/mol. The SMILES string of the molecule is CN(C(=O)c1cc2c(s1)CCC2)c1ccc(OCC(=O)O)cc1. The van der Waals surface area contributed by atoms with Crippen LogP contribution in [0.1, 0.15) is 26.5 Å². The summed E-state index contributed by atoms with van der Waals surface area (Å²) >= 11 is 1.59. The van der Waals surface area contributed by atoms with Crippen LogP contribution in [-0.4, -0.2) is 30.6 Å². The molecule has 23 heavy (non-hydrogen) atoms. The molecule has 1 aromatic heterocycles. The first-order valence-corrected chi connectivity index (χ1v) is 8.20. The van der Waals surface area contributed by atoms with Gasteiger partial charge in [0.2, 0.25) is 0 Å². The van der Waals surface area contributed by atoms with Crippen LogP contribution in [0.15, 0.2) is 30.3 Å². The van der Waals surface area contributed by atoms with Gasteiger partial charge < -0.3 is 14.7 Å². The highest BCUT2D eigenvalue weighted by atomic mass is 32.1. The molecule has 1 heterocycles. The van der Waals surface area contributed by atoms with Gasteiger partial charge in [-0.2, -0.15) is 0 Å². The van der Waals surface area contributed by atoms with Crippen LogP contribution in [0.5, 0.6) is 5.75 Å². The minimum atomic E-state index is -1.02. The smallest absolute Gasteiger partial charge is 0.341 e. The highest BCUT2D eigenvalue weighted by molar-refractivity contribution is 7.14. The molecule has 0 unspecified atom stereocenters. The molecule has 6 heteroatoms. The number of amides is 1. The Labute approximate surface area is 138 Å². The van der Waals surface area contributed by atoms with Crippen LogP contribution in [-0.2, 0) is 17.6 Å². The molecule has 0 fully saturated rings. The molecule has 0 bridgehead atoms. The number of aryl methyl sites for hydroxylation is 2. The minimum Gasteiger partial charge on any atom is -0.482 e. The van der Waals surface area contributed by atoms with Crippen molar-refractivity contribution in [2.24, 2.45) is 0 Å². The lowest BCUT2D eigenvalue weighted by molar-refractivity contribution is -0.139. The third-order valence-electron chi connectivity index (χ3n) is 3.85. The van der Waals surface area contributed by atoms with Gasteiger partial charge in [-0.25, -0.2) is 4.79 Å². The number of carbonyl (C=O) groups is 2. The fourth-order valence-corrected chi connectivity index (χ4v) is 3.86. The second-order valence-electron chi connectivity index (χ2n) is 5.45. The first kappa shape index (κ1) is 15.6. The molecule has 3 rings (SSSR count). The number of nitrogens with zero attached hydrogens (tertiary/aromatic N) is 1. The topological polar surface area (TPSA) is 66.8 Å². The number of fused-ring (bicyclic) bond motifs is 1. The summed E-state index contributed by atoms with van der Waals surface area (Å²) in [5.41, 5.74) is 2.05. The van der Waals surface area contributed by atoms with E-state index in [0.717, 1.165) is 23.4 Å². The molecular formula is C17H17NO4S. The van der Waals surface area contributed by atoms with E-state index in [1.54, 1.807) is 47.5 Å². The van der Waals surface area contributed by atoms with Gasteiger partial charge in [0, 0.05) is 17.6 Å². The Kier molecular flexibility index (Phi) is 4.34. The summed E-state index contributed by atoms with van der Waals surface area (Å²) in [5.74, 6) is -0.581. The van der Waals surface area contributed by atoms with Gasteiger partial charge in [-0.3, -0.25) is 4.79 Å². The number of rotatable bonds is 5. The predicted octanol–water partition coefficient (Wildman–Crippen LogP) is 2.98. The van der Waals surface area contributed by atoms with Gasteiger partial charge >= 0.3 is 5.97 Å². The molecule has 120 valence electrons. The zero-order chi connectivity index (χ0) is 16.4. The van der Waals surface area contributed by atoms with Crippen molar-refractivity contribution < 1.29 is 19.4 Å². The Balaban J connectivity index is 1.70. The van der Waals surface area contributed by atoms with Crippen molar-refractivity contribution in [1.82, 2.24) is 0 Å². The summed E-state index contributed by atoms with van der Waals surface area (Å²) in [7, 11) is 1.74. The standard InChI is InChI=1S/C17H17NO4S/c1-18(12-5-7-13(8-6-12)22-10-16(19)20)17(21)15-9-11-3-2-4-14(11)23-15/h5-9H,2-4,10H2,1H3,(H,19,20). The number of ether oxygens (including phenoxy) is 1. The van der Waals surface area contributed by atoms with Crippen LogP contribution in [0.3, 0.4) is 0 Å². The summed E-state index contributed by atoms with van der Waals surface area (Å²) in [6.45, 7) is -0.380. The molecule has 1 aromatic carbocycles. The molecule has 0 atom stereocenters. The van der Waals surface area contributed by atoms with E-state index in [4.69, 9.17) is 9.84 Å². The van der Waals surface area contributed by atoms with Crippen LogP contribution >= 0.6 is 11.3 Å². The van der Waals surface area contributed by atoms with Gasteiger partial charge in [-0.1, -0.05) is 0 Å². The number of benzene rings is 1. The summed E-state index contributed by atoms with van der Waals surface area (Å²) in [5, 5.41) is 8.59. The Morgan fingerprint density at radius 3 is 2.65 bits per heavy atom. The summed E-state index contributed by atoms with van der Waals surface area (Å²) < 4.78 is 5.09. The third kappa shape index (κ3) is 3.37. The molecule has 0 saturated heterocycles. The van der Waals surface area contributed by atoms with Crippen LogP contribution in [0.25, 0.3) is 0 Å². The van der Waals surface area contributed by atoms with E-state index in [2.05, 4.69) is 0 Å². The predicted molar refractivity (Wildman–Crippen MR) is 88.7 cm³/mol. The van der Waals surface area contributed by atoms with Crippen molar-refractivity contribution in [1.29, 1.82) is 0 Å².